The Morgan fingerprint density at radius 3 is 3.00 bits per heavy atom. The number of nitrogens with zero attached hydrogens (tertiary/aromatic N) is 1. The first-order valence-corrected chi connectivity index (χ1v) is 7.05. The predicted molar refractivity (Wildman–Crippen MR) is 71.8 cm³/mol. The van der Waals surface area contributed by atoms with Gasteiger partial charge >= 0.3 is 0 Å². The number of rotatable bonds is 2. The van der Waals surface area contributed by atoms with Gasteiger partial charge in [-0.05, 0) is 26.0 Å². The molecule has 1 aliphatic heterocycles. The Bertz CT molecular complexity index is 407. The summed E-state index contributed by atoms with van der Waals surface area (Å²) in [5.41, 5.74) is 0. The standard InChI is InChI=1S/C12H17ClN2OS/c1-8-7-14-5-6-15(8)12(16)9(2)10-3-4-11(13)17-10/h3-4,8-9,14H,5-7H2,1-2H3/t8-,9?/m0/s1. The van der Waals surface area contributed by atoms with Crippen LogP contribution in [0.15, 0.2) is 12.1 Å². The third kappa shape index (κ3) is 2.81. The smallest absolute Gasteiger partial charge is 0.230 e. The van der Waals surface area contributed by atoms with Crippen LogP contribution in [0.2, 0.25) is 4.34 Å². The van der Waals surface area contributed by atoms with Crippen LogP contribution >= 0.6 is 22.9 Å². The number of carbonyl (C=O) groups excluding carboxylic acids is 1. The molecule has 1 amide bonds. The first-order chi connectivity index (χ1) is 8.09. The summed E-state index contributed by atoms with van der Waals surface area (Å²) in [7, 11) is 0. The average Bonchev–Trinajstić information content (AvgIpc) is 2.75. The molecule has 0 bridgehead atoms. The van der Waals surface area contributed by atoms with Crippen LogP contribution in [0.4, 0.5) is 0 Å². The van der Waals surface area contributed by atoms with E-state index in [1.165, 1.54) is 11.3 Å². The molecule has 1 aromatic rings. The van der Waals surface area contributed by atoms with Gasteiger partial charge in [-0.2, -0.15) is 0 Å². The molecule has 94 valence electrons. The number of halogens is 1. The van der Waals surface area contributed by atoms with E-state index in [-0.39, 0.29) is 17.9 Å². The van der Waals surface area contributed by atoms with Crippen molar-refractivity contribution in [2.45, 2.75) is 25.8 Å². The molecule has 3 nitrogen and oxygen atoms in total. The first-order valence-electron chi connectivity index (χ1n) is 5.86. The van der Waals surface area contributed by atoms with Crippen molar-refractivity contribution in [2.24, 2.45) is 0 Å². The van der Waals surface area contributed by atoms with Gasteiger partial charge in [0.1, 0.15) is 0 Å². The summed E-state index contributed by atoms with van der Waals surface area (Å²) in [6, 6.07) is 4.07. The van der Waals surface area contributed by atoms with E-state index in [0.29, 0.717) is 0 Å². The molecular formula is C12H17ClN2OS. The average molecular weight is 273 g/mol. The predicted octanol–water partition coefficient (Wildman–Crippen LogP) is 2.33. The lowest BCUT2D eigenvalue weighted by Crippen LogP contribution is -2.53. The minimum atomic E-state index is -0.0898. The highest BCUT2D eigenvalue weighted by molar-refractivity contribution is 7.16. The van der Waals surface area contributed by atoms with E-state index in [2.05, 4.69) is 12.2 Å². The van der Waals surface area contributed by atoms with Crippen molar-refractivity contribution in [1.82, 2.24) is 10.2 Å². The maximum atomic E-state index is 12.4. The Labute approximate surface area is 111 Å². The second kappa shape index (κ2) is 5.38. The zero-order valence-electron chi connectivity index (χ0n) is 10.1. The summed E-state index contributed by atoms with van der Waals surface area (Å²) in [5.74, 6) is 0.116. The molecule has 1 unspecified atom stereocenters. The summed E-state index contributed by atoms with van der Waals surface area (Å²) in [6.45, 7) is 6.60. The quantitative estimate of drug-likeness (QED) is 0.896. The van der Waals surface area contributed by atoms with E-state index in [9.17, 15) is 4.79 Å². The number of thiophene rings is 1. The van der Waals surface area contributed by atoms with Gasteiger partial charge in [0.2, 0.25) is 5.91 Å². The molecule has 0 aliphatic carbocycles. The molecule has 5 heteroatoms. The molecule has 1 fully saturated rings. The zero-order valence-corrected chi connectivity index (χ0v) is 11.6. The summed E-state index contributed by atoms with van der Waals surface area (Å²) in [4.78, 5) is 15.4. The van der Waals surface area contributed by atoms with E-state index < -0.39 is 0 Å². The molecule has 1 saturated heterocycles. The Hall–Kier alpha value is -0.580. The number of amides is 1. The van der Waals surface area contributed by atoms with E-state index in [1.54, 1.807) is 0 Å². The highest BCUT2D eigenvalue weighted by Crippen LogP contribution is 2.29. The number of hydrogen-bond acceptors (Lipinski definition) is 3. The van der Waals surface area contributed by atoms with Crippen molar-refractivity contribution in [3.8, 4) is 0 Å². The van der Waals surface area contributed by atoms with Crippen LogP contribution in [-0.2, 0) is 4.79 Å². The molecule has 17 heavy (non-hydrogen) atoms. The molecule has 0 spiro atoms. The summed E-state index contributed by atoms with van der Waals surface area (Å²) >= 11 is 7.40. The van der Waals surface area contributed by atoms with Gasteiger partial charge in [-0.15, -0.1) is 11.3 Å². The minimum absolute atomic E-state index is 0.0898. The molecule has 1 aromatic heterocycles. The fourth-order valence-electron chi connectivity index (χ4n) is 2.10. The van der Waals surface area contributed by atoms with Crippen LogP contribution in [0.3, 0.4) is 0 Å². The first kappa shape index (κ1) is 12.9. The van der Waals surface area contributed by atoms with Gasteiger partial charge in [0.15, 0.2) is 0 Å². The van der Waals surface area contributed by atoms with E-state index in [1.807, 2.05) is 24.0 Å². The normalized spacial score (nSPS) is 22.5. The SMILES string of the molecule is CC(C(=O)N1CCNC[C@@H]1C)c1ccc(Cl)s1. The molecule has 2 rings (SSSR count). The van der Waals surface area contributed by atoms with Crippen LogP contribution < -0.4 is 5.32 Å². The van der Waals surface area contributed by atoms with Gasteiger partial charge in [0.25, 0.3) is 0 Å². The second-order valence-electron chi connectivity index (χ2n) is 4.45. The summed E-state index contributed by atoms with van der Waals surface area (Å²) in [5, 5.41) is 3.29. The van der Waals surface area contributed by atoms with Crippen LogP contribution in [0.1, 0.15) is 24.6 Å². The maximum absolute atomic E-state index is 12.4. The monoisotopic (exact) mass is 272 g/mol. The molecule has 2 atom stereocenters. The van der Waals surface area contributed by atoms with Crippen molar-refractivity contribution < 1.29 is 4.79 Å². The highest BCUT2D eigenvalue weighted by Gasteiger charge is 2.28. The van der Waals surface area contributed by atoms with Crippen molar-refractivity contribution in [3.63, 3.8) is 0 Å². The van der Waals surface area contributed by atoms with Gasteiger partial charge in [0, 0.05) is 30.6 Å². The molecule has 0 aromatic carbocycles. The molecule has 1 aliphatic rings. The fourth-order valence-corrected chi connectivity index (χ4v) is 3.21. The lowest BCUT2D eigenvalue weighted by Gasteiger charge is -2.35. The maximum Gasteiger partial charge on any atom is 0.230 e. The molecule has 0 saturated carbocycles. The van der Waals surface area contributed by atoms with Gasteiger partial charge in [-0.1, -0.05) is 11.6 Å². The van der Waals surface area contributed by atoms with Gasteiger partial charge in [0.05, 0.1) is 10.3 Å². The van der Waals surface area contributed by atoms with Gasteiger partial charge < -0.3 is 10.2 Å². The van der Waals surface area contributed by atoms with Crippen LogP contribution in [-0.4, -0.2) is 36.5 Å². The molecule has 1 N–H and O–H groups in total. The second-order valence-corrected chi connectivity index (χ2v) is 6.20. The Morgan fingerprint density at radius 2 is 2.41 bits per heavy atom. The van der Waals surface area contributed by atoms with Crippen LogP contribution in [0.5, 0.6) is 0 Å². The van der Waals surface area contributed by atoms with E-state index in [4.69, 9.17) is 11.6 Å². The number of piperazine rings is 1. The number of carbonyl (C=O) groups is 1. The van der Waals surface area contributed by atoms with Crippen molar-refractivity contribution in [1.29, 1.82) is 0 Å². The Morgan fingerprint density at radius 1 is 1.65 bits per heavy atom. The summed E-state index contributed by atoms with van der Waals surface area (Å²) < 4.78 is 0.744. The van der Waals surface area contributed by atoms with Crippen molar-refractivity contribution in [2.75, 3.05) is 19.6 Å². The lowest BCUT2D eigenvalue weighted by molar-refractivity contribution is -0.135. The minimum Gasteiger partial charge on any atom is -0.337 e. The highest BCUT2D eigenvalue weighted by atomic mass is 35.5. The van der Waals surface area contributed by atoms with Gasteiger partial charge in [-0.25, -0.2) is 0 Å². The Kier molecular flexibility index (Phi) is 4.07. The van der Waals surface area contributed by atoms with E-state index in [0.717, 1.165) is 28.8 Å². The Balaban J connectivity index is 2.08. The third-order valence-corrected chi connectivity index (χ3v) is 4.59. The largest absolute Gasteiger partial charge is 0.337 e. The van der Waals surface area contributed by atoms with Gasteiger partial charge in [-0.3, -0.25) is 4.79 Å². The van der Waals surface area contributed by atoms with Crippen LogP contribution in [0.25, 0.3) is 0 Å². The van der Waals surface area contributed by atoms with Crippen LogP contribution in [0, 0.1) is 0 Å². The van der Waals surface area contributed by atoms with Crippen molar-refractivity contribution in [3.05, 3.63) is 21.3 Å². The summed E-state index contributed by atoms with van der Waals surface area (Å²) in [6.07, 6.45) is 0. The van der Waals surface area contributed by atoms with E-state index >= 15 is 0 Å². The fraction of sp³-hybridized carbons (Fsp3) is 0.583. The molecule has 0 radical (unpaired) electrons. The molecular weight excluding hydrogens is 256 g/mol. The zero-order chi connectivity index (χ0) is 12.4. The van der Waals surface area contributed by atoms with Crippen molar-refractivity contribution >= 4 is 28.8 Å². The lowest BCUT2D eigenvalue weighted by atomic mass is 10.1. The molecule has 2 heterocycles. The number of nitrogens with one attached hydrogen (secondary N) is 1. The topological polar surface area (TPSA) is 32.3 Å². The number of hydrogen-bond donors (Lipinski definition) is 1. The third-order valence-electron chi connectivity index (χ3n) is 3.18.